The smallest absolute Gasteiger partial charge is 0.214 e. The summed E-state index contributed by atoms with van der Waals surface area (Å²) in [4.78, 5) is 0. The molecule has 0 aromatic carbocycles. The van der Waals surface area contributed by atoms with Crippen LogP contribution in [-0.2, 0) is 26.0 Å². The predicted molar refractivity (Wildman–Crippen MR) is 85.5 cm³/mol. The van der Waals surface area contributed by atoms with Crippen molar-refractivity contribution < 1.29 is 17.9 Å². The molecule has 3 rings (SSSR count). The van der Waals surface area contributed by atoms with Gasteiger partial charge in [0.15, 0.2) is 0 Å². The maximum Gasteiger partial charge on any atom is 0.214 e. The van der Waals surface area contributed by atoms with Gasteiger partial charge in [0.25, 0.3) is 0 Å². The molecule has 23 heavy (non-hydrogen) atoms. The van der Waals surface area contributed by atoms with E-state index in [1.165, 1.54) is 0 Å². The molecule has 0 aliphatic carbocycles. The van der Waals surface area contributed by atoms with Gasteiger partial charge >= 0.3 is 0 Å². The van der Waals surface area contributed by atoms with E-state index in [-0.39, 0.29) is 17.3 Å². The van der Waals surface area contributed by atoms with Crippen molar-refractivity contribution in [2.24, 2.45) is 5.41 Å². The van der Waals surface area contributed by atoms with Gasteiger partial charge in [-0.25, -0.2) is 8.42 Å². The number of hydrogen-bond acceptors (Lipinski definition) is 5. The number of rotatable bonds is 5. The van der Waals surface area contributed by atoms with Crippen LogP contribution < -0.4 is 0 Å². The highest BCUT2D eigenvalue weighted by atomic mass is 32.2. The van der Waals surface area contributed by atoms with E-state index in [0.29, 0.717) is 39.5 Å². The number of morpholine rings is 1. The molecule has 0 radical (unpaired) electrons. The zero-order chi connectivity index (χ0) is 16.3. The van der Waals surface area contributed by atoms with E-state index in [4.69, 9.17) is 9.47 Å². The average Bonchev–Trinajstić information content (AvgIpc) is 3.00. The predicted octanol–water partition coefficient (Wildman–Crippen LogP) is 0.730. The highest BCUT2D eigenvalue weighted by Crippen LogP contribution is 2.32. The first kappa shape index (κ1) is 16.9. The van der Waals surface area contributed by atoms with Crippen LogP contribution in [0.4, 0.5) is 0 Å². The van der Waals surface area contributed by atoms with E-state index in [9.17, 15) is 8.42 Å². The third kappa shape index (κ3) is 4.32. The summed E-state index contributed by atoms with van der Waals surface area (Å²) in [6.07, 6.45) is 5.02. The second-order valence-electron chi connectivity index (χ2n) is 6.76. The minimum absolute atomic E-state index is 0.152. The normalized spacial score (nSPS) is 26.2. The Morgan fingerprint density at radius 1 is 1.30 bits per heavy atom. The molecule has 0 saturated carbocycles. The van der Waals surface area contributed by atoms with Crippen molar-refractivity contribution in [1.82, 2.24) is 14.1 Å². The summed E-state index contributed by atoms with van der Waals surface area (Å²) in [5, 5.41) is 4.16. The molecular formula is C15H25N3O4S. The van der Waals surface area contributed by atoms with E-state index >= 15 is 0 Å². The van der Waals surface area contributed by atoms with Crippen LogP contribution in [0.2, 0.25) is 0 Å². The topological polar surface area (TPSA) is 73.7 Å². The lowest BCUT2D eigenvalue weighted by atomic mass is 9.85. The standard InChI is InChI=1S/C15H25N3O4S/c1-15(3-8-21-9-4-15)13-23(19,20)18-7-10-22-14(12-18)11-17-6-2-5-16-17/h2,5-6,14H,3-4,7-13H2,1H3. The molecule has 0 bridgehead atoms. The molecule has 2 aliphatic heterocycles. The molecule has 1 aromatic heterocycles. The summed E-state index contributed by atoms with van der Waals surface area (Å²) in [5.41, 5.74) is -0.188. The highest BCUT2D eigenvalue weighted by molar-refractivity contribution is 7.89. The van der Waals surface area contributed by atoms with Crippen molar-refractivity contribution >= 4 is 10.0 Å². The molecule has 2 saturated heterocycles. The fraction of sp³-hybridized carbons (Fsp3) is 0.800. The molecule has 8 heteroatoms. The van der Waals surface area contributed by atoms with Crippen LogP contribution in [0.3, 0.4) is 0 Å². The van der Waals surface area contributed by atoms with Gasteiger partial charge in [0.1, 0.15) is 0 Å². The molecule has 2 aliphatic rings. The lowest BCUT2D eigenvalue weighted by Crippen LogP contribution is -2.49. The molecule has 0 spiro atoms. The second kappa shape index (κ2) is 6.88. The van der Waals surface area contributed by atoms with E-state index in [2.05, 4.69) is 12.0 Å². The van der Waals surface area contributed by atoms with Crippen molar-refractivity contribution in [2.75, 3.05) is 38.7 Å². The third-order valence-electron chi connectivity index (χ3n) is 4.68. The Hall–Kier alpha value is -0.960. The lowest BCUT2D eigenvalue weighted by Gasteiger charge is -2.37. The van der Waals surface area contributed by atoms with Crippen LogP contribution in [0.5, 0.6) is 0 Å². The third-order valence-corrected chi connectivity index (χ3v) is 6.86. The Balaban J connectivity index is 1.62. The van der Waals surface area contributed by atoms with Crippen LogP contribution in [0, 0.1) is 5.41 Å². The number of nitrogens with zero attached hydrogens (tertiary/aromatic N) is 3. The number of ether oxygens (including phenoxy) is 2. The maximum absolute atomic E-state index is 12.8. The van der Waals surface area contributed by atoms with Crippen molar-refractivity contribution in [3.8, 4) is 0 Å². The van der Waals surface area contributed by atoms with E-state index in [1.54, 1.807) is 15.2 Å². The highest BCUT2D eigenvalue weighted by Gasteiger charge is 2.37. The first-order valence-corrected chi connectivity index (χ1v) is 9.72. The fourth-order valence-corrected chi connectivity index (χ4v) is 5.31. The largest absolute Gasteiger partial charge is 0.381 e. The summed E-state index contributed by atoms with van der Waals surface area (Å²) in [6, 6.07) is 1.85. The first-order valence-electron chi connectivity index (χ1n) is 8.12. The monoisotopic (exact) mass is 343 g/mol. The number of aromatic nitrogens is 2. The Morgan fingerprint density at radius 2 is 2.09 bits per heavy atom. The minimum atomic E-state index is -3.29. The van der Waals surface area contributed by atoms with Crippen LogP contribution in [0.1, 0.15) is 19.8 Å². The van der Waals surface area contributed by atoms with Gasteiger partial charge < -0.3 is 9.47 Å². The number of hydrogen-bond donors (Lipinski definition) is 0. The fourth-order valence-electron chi connectivity index (χ4n) is 3.21. The summed E-state index contributed by atoms with van der Waals surface area (Å²) >= 11 is 0. The van der Waals surface area contributed by atoms with Crippen LogP contribution >= 0.6 is 0 Å². The van der Waals surface area contributed by atoms with Gasteiger partial charge in [-0.3, -0.25) is 4.68 Å². The molecule has 1 atom stereocenters. The van der Waals surface area contributed by atoms with Crippen molar-refractivity contribution in [1.29, 1.82) is 0 Å². The summed E-state index contributed by atoms with van der Waals surface area (Å²) in [7, 11) is -3.29. The van der Waals surface area contributed by atoms with Gasteiger partial charge in [-0.2, -0.15) is 9.40 Å². The summed E-state index contributed by atoms with van der Waals surface area (Å²) < 4.78 is 40.1. The Morgan fingerprint density at radius 3 is 2.78 bits per heavy atom. The van der Waals surface area contributed by atoms with Crippen LogP contribution in [0.15, 0.2) is 18.5 Å². The molecular weight excluding hydrogens is 318 g/mol. The summed E-state index contributed by atoms with van der Waals surface area (Å²) in [6.45, 7) is 5.19. The Kier molecular flexibility index (Phi) is 5.05. The van der Waals surface area contributed by atoms with E-state index in [0.717, 1.165) is 12.8 Å². The molecule has 3 heterocycles. The maximum atomic E-state index is 12.8. The van der Waals surface area contributed by atoms with Crippen molar-refractivity contribution in [2.45, 2.75) is 32.4 Å². The SMILES string of the molecule is CC1(CS(=O)(=O)N2CCOC(Cn3cccn3)C2)CCOCC1. The van der Waals surface area contributed by atoms with Crippen molar-refractivity contribution in [3.05, 3.63) is 18.5 Å². The van der Waals surface area contributed by atoms with Gasteiger partial charge in [-0.1, -0.05) is 6.92 Å². The van der Waals surface area contributed by atoms with Gasteiger partial charge in [-0.15, -0.1) is 0 Å². The lowest BCUT2D eigenvalue weighted by molar-refractivity contribution is -0.0129. The quantitative estimate of drug-likeness (QED) is 0.788. The van der Waals surface area contributed by atoms with Gasteiger partial charge in [0.05, 0.1) is 25.0 Å². The number of sulfonamides is 1. The van der Waals surface area contributed by atoms with Gasteiger partial charge in [0, 0.05) is 38.7 Å². The molecule has 1 aromatic rings. The van der Waals surface area contributed by atoms with Gasteiger partial charge in [0.2, 0.25) is 10.0 Å². The zero-order valence-electron chi connectivity index (χ0n) is 13.6. The Labute approximate surface area is 137 Å². The molecule has 130 valence electrons. The van der Waals surface area contributed by atoms with Crippen LogP contribution in [-0.4, -0.2) is 67.3 Å². The second-order valence-corrected chi connectivity index (χ2v) is 8.73. The first-order chi connectivity index (χ1) is 11.0. The van der Waals surface area contributed by atoms with Crippen molar-refractivity contribution in [3.63, 3.8) is 0 Å². The van der Waals surface area contributed by atoms with E-state index in [1.807, 2.05) is 12.3 Å². The molecule has 2 fully saturated rings. The van der Waals surface area contributed by atoms with E-state index < -0.39 is 10.0 Å². The summed E-state index contributed by atoms with van der Waals surface area (Å²) in [5.74, 6) is 0.192. The molecule has 1 unspecified atom stereocenters. The van der Waals surface area contributed by atoms with Gasteiger partial charge in [-0.05, 0) is 24.3 Å². The molecule has 7 nitrogen and oxygen atoms in total. The Bertz CT molecular complexity index is 596. The average molecular weight is 343 g/mol. The van der Waals surface area contributed by atoms with Crippen LogP contribution in [0.25, 0.3) is 0 Å². The molecule has 0 N–H and O–H groups in total. The molecule has 0 amide bonds. The zero-order valence-corrected chi connectivity index (χ0v) is 14.4. The minimum Gasteiger partial charge on any atom is -0.381 e.